The summed E-state index contributed by atoms with van der Waals surface area (Å²) in [6.45, 7) is 3.38. The zero-order valence-corrected chi connectivity index (χ0v) is 10.5. The van der Waals surface area contributed by atoms with Crippen LogP contribution in [-0.4, -0.2) is 26.6 Å². The molecule has 0 aliphatic heterocycles. The van der Waals surface area contributed by atoms with Crippen molar-refractivity contribution in [2.24, 2.45) is 0 Å². The Morgan fingerprint density at radius 3 is 3.06 bits per heavy atom. The van der Waals surface area contributed by atoms with Crippen LogP contribution in [-0.2, 0) is 13.0 Å². The minimum absolute atomic E-state index is 0.249. The van der Waals surface area contributed by atoms with E-state index in [4.69, 9.17) is 0 Å². The first-order chi connectivity index (χ1) is 8.75. The predicted octanol–water partition coefficient (Wildman–Crippen LogP) is 1.54. The molecule has 2 heterocycles. The molecule has 2 rings (SSSR count). The van der Waals surface area contributed by atoms with E-state index in [0.29, 0.717) is 12.2 Å². The normalized spacial score (nSPS) is 10.7. The third kappa shape index (κ3) is 3.56. The summed E-state index contributed by atoms with van der Waals surface area (Å²) in [5, 5.41) is 12.9. The molecular weight excluding hydrogens is 228 g/mol. The number of nitrogens with zero attached hydrogens (tertiary/aromatic N) is 2. The average molecular weight is 246 g/mol. The number of aromatic amines is 1. The van der Waals surface area contributed by atoms with Gasteiger partial charge >= 0.3 is 0 Å². The molecule has 0 saturated carbocycles. The van der Waals surface area contributed by atoms with Gasteiger partial charge in [0.05, 0.1) is 5.69 Å². The Morgan fingerprint density at radius 2 is 2.28 bits per heavy atom. The van der Waals surface area contributed by atoms with Crippen LogP contribution in [0.3, 0.4) is 0 Å². The number of nitrogens with one attached hydrogen (secondary N) is 2. The van der Waals surface area contributed by atoms with Gasteiger partial charge in [0.1, 0.15) is 11.6 Å². The number of hydrogen-bond acceptors (Lipinski definition) is 4. The van der Waals surface area contributed by atoms with Crippen LogP contribution in [0.1, 0.15) is 23.6 Å². The lowest BCUT2D eigenvalue weighted by atomic mass is 10.2. The molecule has 0 saturated heterocycles. The van der Waals surface area contributed by atoms with E-state index in [2.05, 4.69) is 20.3 Å². The Bertz CT molecular complexity index is 482. The molecule has 5 heteroatoms. The highest BCUT2D eigenvalue weighted by molar-refractivity contribution is 5.27. The summed E-state index contributed by atoms with van der Waals surface area (Å²) in [5.74, 6) is 1.26. The lowest BCUT2D eigenvalue weighted by molar-refractivity contribution is 0.458. The molecular formula is C13H18N4O. The maximum atomic E-state index is 9.62. The van der Waals surface area contributed by atoms with Crippen molar-refractivity contribution >= 4 is 0 Å². The van der Waals surface area contributed by atoms with Gasteiger partial charge in [0.2, 0.25) is 0 Å². The van der Waals surface area contributed by atoms with Crippen molar-refractivity contribution in [2.45, 2.75) is 26.3 Å². The highest BCUT2D eigenvalue weighted by Crippen LogP contribution is 2.13. The maximum Gasteiger partial charge on any atom is 0.138 e. The van der Waals surface area contributed by atoms with Crippen molar-refractivity contribution in [3.63, 3.8) is 0 Å². The molecule has 96 valence electrons. The van der Waals surface area contributed by atoms with Gasteiger partial charge in [0.15, 0.2) is 0 Å². The number of hydrogen-bond donors (Lipinski definition) is 3. The van der Waals surface area contributed by atoms with Crippen LogP contribution in [0.4, 0.5) is 0 Å². The van der Waals surface area contributed by atoms with Gasteiger partial charge in [-0.3, -0.25) is 4.98 Å². The Labute approximate surface area is 106 Å². The van der Waals surface area contributed by atoms with Crippen LogP contribution < -0.4 is 5.32 Å². The van der Waals surface area contributed by atoms with Gasteiger partial charge in [-0.15, -0.1) is 0 Å². The molecule has 0 aliphatic carbocycles. The Hall–Kier alpha value is -1.88. The summed E-state index contributed by atoms with van der Waals surface area (Å²) in [5.41, 5.74) is 1.62. The summed E-state index contributed by atoms with van der Waals surface area (Å²) in [6, 6.07) is 3.48. The zero-order valence-electron chi connectivity index (χ0n) is 10.5. The number of pyridine rings is 1. The highest BCUT2D eigenvalue weighted by Gasteiger charge is 2.02. The standard InChI is InChI=1S/C13H18N4O/c1-10-4-5-12(18)11(17-10)9-14-6-2-3-13-15-7-8-16-13/h4-5,7-8,14,18H,2-3,6,9H2,1H3,(H,15,16). The first-order valence-corrected chi connectivity index (χ1v) is 6.10. The highest BCUT2D eigenvalue weighted by atomic mass is 16.3. The first kappa shape index (κ1) is 12.6. The zero-order chi connectivity index (χ0) is 12.8. The van der Waals surface area contributed by atoms with Crippen LogP contribution >= 0.6 is 0 Å². The number of rotatable bonds is 6. The fourth-order valence-corrected chi connectivity index (χ4v) is 1.76. The number of aryl methyl sites for hydroxylation is 2. The van der Waals surface area contributed by atoms with E-state index in [1.807, 2.05) is 13.1 Å². The fraction of sp³-hybridized carbons (Fsp3) is 0.385. The van der Waals surface area contributed by atoms with Gasteiger partial charge in [0, 0.05) is 31.1 Å². The van der Waals surface area contributed by atoms with Crippen LogP contribution in [0.2, 0.25) is 0 Å². The fourth-order valence-electron chi connectivity index (χ4n) is 1.76. The predicted molar refractivity (Wildman–Crippen MR) is 69.3 cm³/mol. The van der Waals surface area contributed by atoms with Gasteiger partial charge in [-0.05, 0) is 32.0 Å². The molecule has 0 fully saturated rings. The van der Waals surface area contributed by atoms with E-state index >= 15 is 0 Å². The van der Waals surface area contributed by atoms with E-state index in [9.17, 15) is 5.11 Å². The largest absolute Gasteiger partial charge is 0.506 e. The number of H-pyrrole nitrogens is 1. The molecule has 0 aliphatic rings. The lowest BCUT2D eigenvalue weighted by Crippen LogP contribution is -2.16. The average Bonchev–Trinajstić information content (AvgIpc) is 2.86. The summed E-state index contributed by atoms with van der Waals surface area (Å²) in [7, 11) is 0. The molecule has 0 atom stereocenters. The second-order valence-corrected chi connectivity index (χ2v) is 4.23. The van der Waals surface area contributed by atoms with Crippen molar-refractivity contribution in [2.75, 3.05) is 6.54 Å². The monoisotopic (exact) mass is 246 g/mol. The molecule has 0 radical (unpaired) electrons. The number of aromatic hydroxyl groups is 1. The summed E-state index contributed by atoms with van der Waals surface area (Å²) in [4.78, 5) is 11.5. The molecule has 0 spiro atoms. The van der Waals surface area contributed by atoms with Crippen molar-refractivity contribution < 1.29 is 5.11 Å². The van der Waals surface area contributed by atoms with Gasteiger partial charge in [-0.2, -0.15) is 0 Å². The Balaban J connectivity index is 1.70. The van der Waals surface area contributed by atoms with Crippen LogP contribution in [0.5, 0.6) is 5.75 Å². The van der Waals surface area contributed by atoms with Gasteiger partial charge in [0.25, 0.3) is 0 Å². The molecule has 2 aromatic heterocycles. The van der Waals surface area contributed by atoms with E-state index < -0.39 is 0 Å². The topological polar surface area (TPSA) is 73.8 Å². The lowest BCUT2D eigenvalue weighted by Gasteiger charge is -2.06. The Morgan fingerprint density at radius 1 is 1.39 bits per heavy atom. The SMILES string of the molecule is Cc1ccc(O)c(CNCCCc2ncc[nH]2)n1. The van der Waals surface area contributed by atoms with Crippen molar-refractivity contribution in [3.8, 4) is 5.75 Å². The molecule has 5 nitrogen and oxygen atoms in total. The molecule has 2 aromatic rings. The molecule has 0 bridgehead atoms. The van der Waals surface area contributed by atoms with E-state index in [1.165, 1.54) is 0 Å². The maximum absolute atomic E-state index is 9.62. The van der Waals surface area contributed by atoms with Crippen LogP contribution in [0, 0.1) is 6.92 Å². The smallest absolute Gasteiger partial charge is 0.138 e. The Kier molecular flexibility index (Phi) is 4.30. The molecule has 0 aromatic carbocycles. The number of imidazole rings is 1. The number of aromatic nitrogens is 3. The van der Waals surface area contributed by atoms with E-state index in [-0.39, 0.29) is 5.75 Å². The van der Waals surface area contributed by atoms with Crippen molar-refractivity contribution in [1.82, 2.24) is 20.3 Å². The van der Waals surface area contributed by atoms with Crippen LogP contribution in [0.15, 0.2) is 24.5 Å². The molecule has 0 amide bonds. The van der Waals surface area contributed by atoms with Crippen molar-refractivity contribution in [3.05, 3.63) is 41.7 Å². The van der Waals surface area contributed by atoms with E-state index in [1.54, 1.807) is 18.3 Å². The minimum atomic E-state index is 0.249. The van der Waals surface area contributed by atoms with Gasteiger partial charge in [-0.25, -0.2) is 4.98 Å². The van der Waals surface area contributed by atoms with E-state index in [0.717, 1.165) is 30.9 Å². The summed E-state index contributed by atoms with van der Waals surface area (Å²) >= 11 is 0. The third-order valence-electron chi connectivity index (χ3n) is 2.70. The first-order valence-electron chi connectivity index (χ1n) is 6.10. The van der Waals surface area contributed by atoms with Crippen molar-refractivity contribution in [1.29, 1.82) is 0 Å². The summed E-state index contributed by atoms with van der Waals surface area (Å²) < 4.78 is 0. The molecule has 0 unspecified atom stereocenters. The second kappa shape index (κ2) is 6.16. The molecule has 3 N–H and O–H groups in total. The second-order valence-electron chi connectivity index (χ2n) is 4.23. The van der Waals surface area contributed by atoms with Gasteiger partial charge in [-0.1, -0.05) is 0 Å². The summed E-state index contributed by atoms with van der Waals surface area (Å²) in [6.07, 6.45) is 5.52. The quantitative estimate of drug-likeness (QED) is 0.676. The third-order valence-corrected chi connectivity index (χ3v) is 2.70. The molecule has 18 heavy (non-hydrogen) atoms. The minimum Gasteiger partial charge on any atom is -0.506 e. The van der Waals surface area contributed by atoms with Gasteiger partial charge < -0.3 is 15.4 Å². The van der Waals surface area contributed by atoms with Crippen LogP contribution in [0.25, 0.3) is 0 Å².